The fourth-order valence-corrected chi connectivity index (χ4v) is 8.40. The van der Waals surface area contributed by atoms with Crippen molar-refractivity contribution < 1.29 is 25.5 Å². The van der Waals surface area contributed by atoms with Gasteiger partial charge < -0.3 is 106 Å². The highest BCUT2D eigenvalue weighted by atomic mass is 16.3. The van der Waals surface area contributed by atoms with E-state index in [1.54, 1.807) is 30.3 Å². The first kappa shape index (κ1) is 82.4. The fourth-order valence-electron chi connectivity index (χ4n) is 8.40. The van der Waals surface area contributed by atoms with Crippen molar-refractivity contribution in [3.05, 3.63) is 217 Å². The quantitative estimate of drug-likeness (QED) is 0.0272. The Hall–Kier alpha value is -11.6. The number of hydrogen-bond acceptors (Lipinski definition) is 12. The summed E-state index contributed by atoms with van der Waals surface area (Å²) in [4.78, 5) is 27.2. The lowest BCUT2D eigenvalue weighted by Crippen LogP contribution is -2.23. The van der Waals surface area contributed by atoms with Gasteiger partial charge in [-0.1, -0.05) is 108 Å². The topological polar surface area (TPSA) is 552 Å². The van der Waals surface area contributed by atoms with Crippen molar-refractivity contribution in [3.8, 4) is 28.7 Å². The molecule has 7 rings (SSSR count). The van der Waals surface area contributed by atoms with Crippen molar-refractivity contribution in [1.82, 2.24) is 0 Å². The molecular weight excluding hydrogens is 1210 g/mol. The van der Waals surface area contributed by atoms with E-state index < -0.39 is 0 Å². The van der Waals surface area contributed by atoms with Gasteiger partial charge in [0.1, 0.15) is 17.2 Å². The first-order chi connectivity index (χ1) is 45.3. The van der Waals surface area contributed by atoms with Crippen molar-refractivity contribution in [3.63, 3.8) is 0 Å². The van der Waals surface area contributed by atoms with E-state index in [2.05, 4.69) is 110 Å². The molecule has 0 fully saturated rings. The summed E-state index contributed by atoms with van der Waals surface area (Å²) in [5.41, 5.74) is 88.5. The highest BCUT2D eigenvalue weighted by molar-refractivity contribution is 5.77. The molecule has 0 aliphatic carbocycles. The molecule has 0 unspecified atom stereocenters. The molecule has 7 aromatic rings. The number of nitrogens with zero attached hydrogens (tertiary/aromatic N) is 7. The minimum Gasteiger partial charge on any atom is -0.508 e. The average molecular weight is 1320 g/mol. The number of benzene rings is 7. The predicted octanol–water partition coefficient (Wildman–Crippen LogP) is 4.20. The first-order valence-corrected chi connectivity index (χ1v) is 30.7. The number of phenols is 5. The van der Waals surface area contributed by atoms with Crippen LogP contribution >= 0.6 is 0 Å². The zero-order valence-electron chi connectivity index (χ0n) is 56.6. The molecule has 0 aliphatic heterocycles. The summed E-state index contributed by atoms with van der Waals surface area (Å²) in [5, 5.41) is 46.5. The molecule has 0 aromatic heterocycles. The zero-order chi connectivity index (χ0) is 72.1. The molecule has 26 heteroatoms. The fraction of sp³-hybridized carbons (Fsp3) is 0.300. The maximum absolute atomic E-state index is 9.42. The minimum absolute atomic E-state index is 0.0515. The van der Waals surface area contributed by atoms with Gasteiger partial charge in [0.25, 0.3) is 0 Å². The standard InChI is InChI=1S/C10H15N3O2.3C10H15N3O.3C10H15N3/c1-6-4-8(14)9(15)5-7(6)2-3-13-10(11)12;1-7-4-8(6-9(14)5-7)2-3-13-10(11)12;1-7-2-3-9(14)6-8(7)4-5-13-10(11)12;1-7-2-3-8(6-9(7)14)4-5-13-10(11)12;1-8-2-4-9(5-3-8)6-7-13-10(11)12;1-8-3-2-4-9(7-8)5-6-13-10(11)12;1-8-4-2-3-5-9(8)6-7-13-10(11)12/h4-5,14-15H,2-3H2,1H3,(H4,11,12,13);4-6,14H,2-3H2,1H3,(H4,11,12,13);2*2-3,6,14H,4-5H2,1H3,(H4,11,12,13);2-5H,6-7H2,1H3,(H4,11,12,13);2-4,7H,5-6H2,1H3,(H4,11,12,13);2-5H,6-7H2,1H3,(H4,11,12,13). The van der Waals surface area contributed by atoms with Crippen molar-refractivity contribution >= 4 is 41.7 Å². The molecule has 0 spiro atoms. The number of aryl methyl sites for hydroxylation is 7. The van der Waals surface area contributed by atoms with E-state index >= 15 is 0 Å². The van der Waals surface area contributed by atoms with Crippen molar-refractivity contribution in [1.29, 1.82) is 0 Å². The number of rotatable bonds is 21. The van der Waals surface area contributed by atoms with Crippen LogP contribution in [-0.2, 0) is 44.9 Å². The van der Waals surface area contributed by atoms with Crippen LogP contribution in [0.25, 0.3) is 0 Å². The number of aromatic hydroxyl groups is 5. The van der Waals surface area contributed by atoms with Crippen molar-refractivity contribution in [2.24, 2.45) is 115 Å². The van der Waals surface area contributed by atoms with Gasteiger partial charge in [-0.3, -0.25) is 34.9 Å². The lowest BCUT2D eigenvalue weighted by atomic mass is 10.0. The van der Waals surface area contributed by atoms with Gasteiger partial charge in [-0.05, 0) is 203 Å². The van der Waals surface area contributed by atoms with E-state index in [0.717, 1.165) is 83.0 Å². The number of phenolic OH excluding ortho intramolecular Hbond substituents is 5. The molecule has 0 radical (unpaired) electrons. The van der Waals surface area contributed by atoms with Gasteiger partial charge in [0.2, 0.25) is 0 Å². The zero-order valence-corrected chi connectivity index (χ0v) is 56.6. The third kappa shape index (κ3) is 41.0. The van der Waals surface area contributed by atoms with Crippen LogP contribution in [-0.4, -0.2) is 113 Å². The Kier molecular flexibility index (Phi) is 39.9. The largest absolute Gasteiger partial charge is 0.508 e. The second-order valence-corrected chi connectivity index (χ2v) is 22.0. The Labute approximate surface area is 565 Å². The molecule has 7 aromatic carbocycles. The van der Waals surface area contributed by atoms with E-state index in [1.165, 1.54) is 45.5 Å². The number of nitrogens with two attached hydrogens (primary N) is 14. The number of aliphatic imine (C=N–C) groups is 7. The molecule has 26 nitrogen and oxygen atoms in total. The smallest absolute Gasteiger partial charge is 0.185 e. The first-order valence-electron chi connectivity index (χ1n) is 30.7. The van der Waals surface area contributed by atoms with E-state index in [0.29, 0.717) is 58.0 Å². The lowest BCUT2D eigenvalue weighted by Gasteiger charge is -2.06. The van der Waals surface area contributed by atoms with Crippen LogP contribution in [0.15, 0.2) is 174 Å². The second kappa shape index (κ2) is 46.5. The Morgan fingerprint density at radius 2 is 0.635 bits per heavy atom. The molecular formula is C70H105N21O5. The average Bonchev–Trinajstić information content (AvgIpc) is 1.15. The van der Waals surface area contributed by atoms with Gasteiger partial charge in [-0.25, -0.2) is 0 Å². The van der Waals surface area contributed by atoms with Crippen LogP contribution in [0.1, 0.15) is 77.9 Å². The molecule has 96 heavy (non-hydrogen) atoms. The summed E-state index contributed by atoms with van der Waals surface area (Å²) in [5.74, 6) is 1.46. The molecule has 0 saturated carbocycles. The number of hydrogen-bond donors (Lipinski definition) is 19. The van der Waals surface area contributed by atoms with Crippen LogP contribution in [0.3, 0.4) is 0 Å². The van der Waals surface area contributed by atoms with Gasteiger partial charge in [0.05, 0.1) is 0 Å². The van der Waals surface area contributed by atoms with E-state index in [9.17, 15) is 25.5 Å². The molecule has 0 heterocycles. The van der Waals surface area contributed by atoms with Crippen LogP contribution in [0.2, 0.25) is 0 Å². The molecule has 0 aliphatic rings. The van der Waals surface area contributed by atoms with Crippen LogP contribution < -0.4 is 80.3 Å². The second-order valence-electron chi connectivity index (χ2n) is 22.0. The van der Waals surface area contributed by atoms with Crippen LogP contribution in [0.4, 0.5) is 0 Å². The van der Waals surface area contributed by atoms with Gasteiger partial charge in [-0.15, -0.1) is 0 Å². The Morgan fingerprint density at radius 1 is 0.250 bits per heavy atom. The van der Waals surface area contributed by atoms with Crippen molar-refractivity contribution in [2.75, 3.05) is 45.8 Å². The third-order valence-corrected chi connectivity index (χ3v) is 13.4. The van der Waals surface area contributed by atoms with E-state index in [-0.39, 0.29) is 64.7 Å². The normalized spacial score (nSPS) is 9.74. The number of guanidine groups is 7. The third-order valence-electron chi connectivity index (χ3n) is 13.4. The summed E-state index contributed by atoms with van der Waals surface area (Å²) in [6, 6.07) is 44.2. The molecule has 0 atom stereocenters. The Morgan fingerprint density at radius 3 is 1.09 bits per heavy atom. The molecule has 0 saturated heterocycles. The summed E-state index contributed by atoms with van der Waals surface area (Å²) >= 11 is 0. The summed E-state index contributed by atoms with van der Waals surface area (Å²) in [7, 11) is 0. The summed E-state index contributed by atoms with van der Waals surface area (Å²) < 4.78 is 0. The highest BCUT2D eigenvalue weighted by Crippen LogP contribution is 2.28. The van der Waals surface area contributed by atoms with Gasteiger partial charge in [0.15, 0.2) is 53.2 Å². The van der Waals surface area contributed by atoms with E-state index in [1.807, 2.05) is 70.2 Å². The predicted molar refractivity (Wildman–Crippen MR) is 397 cm³/mol. The molecule has 520 valence electrons. The monoisotopic (exact) mass is 1320 g/mol. The molecule has 33 N–H and O–H groups in total. The van der Waals surface area contributed by atoms with Gasteiger partial charge in [-0.2, -0.15) is 0 Å². The SMILES string of the molecule is Cc1cc(O)c(O)cc1CCN=C(N)N.Cc1cc(O)cc(CCN=C(N)N)c1.Cc1ccc(CCN=C(N)N)cc1.Cc1ccc(CCN=C(N)N)cc1O.Cc1ccc(O)cc1CCN=C(N)N.Cc1cccc(CCN=C(N)N)c1.Cc1ccccc1CCN=C(N)N. The van der Waals surface area contributed by atoms with Crippen LogP contribution in [0.5, 0.6) is 28.7 Å². The van der Waals surface area contributed by atoms with E-state index in [4.69, 9.17) is 80.3 Å². The minimum atomic E-state index is -0.125. The molecule has 0 amide bonds. The van der Waals surface area contributed by atoms with Crippen molar-refractivity contribution in [2.45, 2.75) is 93.4 Å². The maximum Gasteiger partial charge on any atom is 0.185 e. The lowest BCUT2D eigenvalue weighted by molar-refractivity contribution is 0.402. The maximum atomic E-state index is 9.42. The Balaban J connectivity index is 0.000000560. The summed E-state index contributed by atoms with van der Waals surface area (Å²) in [6.45, 7) is 17.9. The van der Waals surface area contributed by atoms with Gasteiger partial charge >= 0.3 is 0 Å². The highest BCUT2D eigenvalue weighted by Gasteiger charge is 2.06. The summed E-state index contributed by atoms with van der Waals surface area (Å²) in [6.07, 6.45) is 5.48. The molecule has 0 bridgehead atoms. The van der Waals surface area contributed by atoms with Crippen LogP contribution in [0, 0.1) is 48.5 Å². The van der Waals surface area contributed by atoms with Gasteiger partial charge in [0, 0.05) is 45.8 Å². The Bertz CT molecular complexity index is 3610.